The highest BCUT2D eigenvalue weighted by atomic mass is 79.9. The average molecular weight is 461 g/mol. The quantitative estimate of drug-likeness (QED) is 0.652. The number of nitrogens with zero attached hydrogens (tertiary/aromatic N) is 5. The van der Waals surface area contributed by atoms with Gasteiger partial charge in [0.05, 0.1) is 23.9 Å². The van der Waals surface area contributed by atoms with Crippen molar-refractivity contribution in [3.63, 3.8) is 0 Å². The summed E-state index contributed by atoms with van der Waals surface area (Å²) in [6.07, 6.45) is 1.17. The maximum absolute atomic E-state index is 12.9. The second-order valence-electron chi connectivity index (χ2n) is 7.25. The van der Waals surface area contributed by atoms with Crippen LogP contribution in [0.15, 0.2) is 16.7 Å². The molecule has 27 heavy (non-hydrogen) atoms. The van der Waals surface area contributed by atoms with Gasteiger partial charge < -0.3 is 9.47 Å². The summed E-state index contributed by atoms with van der Waals surface area (Å²) in [5, 5.41) is 4.60. The van der Waals surface area contributed by atoms with Crippen LogP contribution in [0.3, 0.4) is 0 Å². The maximum Gasteiger partial charge on any atom is 0.416 e. The molecule has 0 spiro atoms. The summed E-state index contributed by atoms with van der Waals surface area (Å²) < 4.78 is 13.3. The number of anilines is 1. The summed E-state index contributed by atoms with van der Waals surface area (Å²) in [5.74, 6) is 0.512. The molecule has 1 fully saturated rings. The summed E-state index contributed by atoms with van der Waals surface area (Å²) in [6.45, 7) is 9.70. The average Bonchev–Trinajstić information content (AvgIpc) is 2.95. The van der Waals surface area contributed by atoms with Gasteiger partial charge in [0.25, 0.3) is 0 Å². The molecule has 1 aliphatic rings. The fourth-order valence-electron chi connectivity index (χ4n) is 2.77. The molecule has 8 nitrogen and oxygen atoms in total. The summed E-state index contributed by atoms with van der Waals surface area (Å²) >= 11 is 9.62. The van der Waals surface area contributed by atoms with E-state index >= 15 is 0 Å². The molecule has 0 unspecified atom stereocenters. The van der Waals surface area contributed by atoms with E-state index in [0.29, 0.717) is 42.2 Å². The zero-order valence-corrected chi connectivity index (χ0v) is 18.0. The summed E-state index contributed by atoms with van der Waals surface area (Å²) in [5.41, 5.74) is -0.0768. The molecule has 2 aromatic heterocycles. The molecule has 0 N–H and O–H groups in total. The number of hydrogen-bond donors (Lipinski definition) is 0. The number of fused-ring (bicyclic) bond motifs is 1. The van der Waals surface area contributed by atoms with Gasteiger partial charge in [0.2, 0.25) is 0 Å². The molecule has 2 aromatic rings. The smallest absolute Gasteiger partial charge is 0.416 e. The largest absolute Gasteiger partial charge is 0.443 e. The molecule has 0 radical (unpaired) electrons. The Balaban J connectivity index is 1.92. The second kappa shape index (κ2) is 8.30. The normalized spacial score (nSPS) is 15.9. The Labute approximate surface area is 171 Å². The maximum atomic E-state index is 12.9. The zero-order chi connectivity index (χ0) is 19.6. The fourth-order valence-corrected chi connectivity index (χ4v) is 3.29. The summed E-state index contributed by atoms with van der Waals surface area (Å²) in [7, 11) is 0. The molecule has 0 atom stereocenters. The summed E-state index contributed by atoms with van der Waals surface area (Å²) in [6, 6.07) is 1.62. The number of halogens is 2. The minimum absolute atomic E-state index is 0.277. The molecule has 0 aliphatic carbocycles. The lowest BCUT2D eigenvalue weighted by Crippen LogP contribution is -2.45. The van der Waals surface area contributed by atoms with Crippen LogP contribution in [0.1, 0.15) is 20.8 Å². The molecule has 3 rings (SSSR count). The number of amides is 1. The van der Waals surface area contributed by atoms with Crippen molar-refractivity contribution in [1.82, 2.24) is 19.5 Å². The predicted octanol–water partition coefficient (Wildman–Crippen LogP) is 3.22. The van der Waals surface area contributed by atoms with Gasteiger partial charge >= 0.3 is 6.09 Å². The lowest BCUT2D eigenvalue weighted by atomic mass is 10.2. The lowest BCUT2D eigenvalue weighted by molar-refractivity contribution is 0.0374. The van der Waals surface area contributed by atoms with Crippen LogP contribution in [0.4, 0.5) is 10.6 Å². The molecule has 0 saturated carbocycles. The van der Waals surface area contributed by atoms with Gasteiger partial charge in [-0.25, -0.2) is 9.78 Å². The molecular weight excluding hydrogens is 438 g/mol. The number of rotatable bonds is 4. The first-order valence-electron chi connectivity index (χ1n) is 8.75. The van der Waals surface area contributed by atoms with Gasteiger partial charge in [0, 0.05) is 32.2 Å². The van der Waals surface area contributed by atoms with Crippen LogP contribution in [-0.4, -0.2) is 70.6 Å². The Hall–Kier alpha value is -1.42. The molecule has 0 aromatic carbocycles. The minimum atomic E-state index is -0.616. The molecule has 1 saturated heterocycles. The van der Waals surface area contributed by atoms with Gasteiger partial charge in [0.15, 0.2) is 5.65 Å². The van der Waals surface area contributed by atoms with Crippen LogP contribution >= 0.6 is 27.5 Å². The van der Waals surface area contributed by atoms with Crippen molar-refractivity contribution in [3.05, 3.63) is 21.9 Å². The van der Waals surface area contributed by atoms with Crippen molar-refractivity contribution in [3.8, 4) is 0 Å². The minimum Gasteiger partial charge on any atom is -0.443 e. The molecule has 3 heterocycles. The van der Waals surface area contributed by atoms with E-state index in [1.54, 1.807) is 21.7 Å². The first-order valence-corrected chi connectivity index (χ1v) is 9.92. The van der Waals surface area contributed by atoms with E-state index in [-0.39, 0.29) is 5.15 Å². The molecule has 1 aliphatic heterocycles. The first kappa shape index (κ1) is 20.3. The second-order valence-corrected chi connectivity index (χ2v) is 8.49. The molecule has 148 valence electrons. The standard InChI is InChI=1S/C17H23BrClN5O3/c1-17(2,3)27-16(25)23(5-4-22-6-8-26-9-7-22)14-10-13(19)21-15-12(18)11-20-24(14)15/h10-11H,4-9H2,1-3H3. The Kier molecular flexibility index (Phi) is 6.25. The van der Waals surface area contributed by atoms with Crippen molar-refractivity contribution in [2.45, 2.75) is 26.4 Å². The van der Waals surface area contributed by atoms with Crippen LogP contribution in [0.2, 0.25) is 5.15 Å². The number of aromatic nitrogens is 3. The van der Waals surface area contributed by atoms with Gasteiger partial charge in [-0.05, 0) is 36.7 Å². The van der Waals surface area contributed by atoms with Crippen molar-refractivity contribution >= 4 is 45.1 Å². The molecule has 0 bridgehead atoms. The van der Waals surface area contributed by atoms with E-state index in [4.69, 9.17) is 21.1 Å². The molecule has 1 amide bonds. The zero-order valence-electron chi connectivity index (χ0n) is 15.6. The van der Waals surface area contributed by atoms with E-state index in [1.807, 2.05) is 20.8 Å². The third kappa shape index (κ3) is 5.10. The van der Waals surface area contributed by atoms with Gasteiger partial charge in [-0.3, -0.25) is 9.80 Å². The Morgan fingerprint density at radius 3 is 2.78 bits per heavy atom. The third-order valence-electron chi connectivity index (χ3n) is 4.01. The SMILES string of the molecule is CC(C)(C)OC(=O)N(CCN1CCOCC1)c1cc(Cl)nc2c(Br)cnn12. The monoisotopic (exact) mass is 459 g/mol. The van der Waals surface area contributed by atoms with Crippen LogP contribution in [-0.2, 0) is 9.47 Å². The van der Waals surface area contributed by atoms with Crippen molar-refractivity contribution in [2.75, 3.05) is 44.3 Å². The van der Waals surface area contributed by atoms with Crippen LogP contribution in [0, 0.1) is 0 Å². The highest BCUT2D eigenvalue weighted by Gasteiger charge is 2.27. The number of carbonyl (C=O) groups is 1. The van der Waals surface area contributed by atoms with E-state index in [1.165, 1.54) is 0 Å². The lowest BCUT2D eigenvalue weighted by Gasteiger charge is -2.31. The third-order valence-corrected chi connectivity index (χ3v) is 4.77. The Morgan fingerprint density at radius 1 is 1.41 bits per heavy atom. The van der Waals surface area contributed by atoms with Crippen LogP contribution < -0.4 is 4.90 Å². The Morgan fingerprint density at radius 2 is 2.11 bits per heavy atom. The van der Waals surface area contributed by atoms with Crippen molar-refractivity contribution in [2.24, 2.45) is 0 Å². The predicted molar refractivity (Wildman–Crippen MR) is 107 cm³/mol. The van der Waals surface area contributed by atoms with E-state index < -0.39 is 11.7 Å². The van der Waals surface area contributed by atoms with E-state index in [2.05, 4.69) is 30.9 Å². The first-order chi connectivity index (χ1) is 12.7. The number of hydrogen-bond acceptors (Lipinski definition) is 6. The Bertz CT molecular complexity index is 817. The number of carbonyl (C=O) groups excluding carboxylic acids is 1. The van der Waals surface area contributed by atoms with E-state index in [9.17, 15) is 4.79 Å². The van der Waals surface area contributed by atoms with Crippen LogP contribution in [0.25, 0.3) is 5.65 Å². The topological polar surface area (TPSA) is 72.2 Å². The van der Waals surface area contributed by atoms with Gasteiger partial charge in [0.1, 0.15) is 16.6 Å². The van der Waals surface area contributed by atoms with Gasteiger partial charge in [-0.1, -0.05) is 11.6 Å². The highest BCUT2D eigenvalue weighted by Crippen LogP contribution is 2.26. The van der Waals surface area contributed by atoms with Crippen molar-refractivity contribution in [1.29, 1.82) is 0 Å². The molecular formula is C17H23BrClN5O3. The van der Waals surface area contributed by atoms with E-state index in [0.717, 1.165) is 13.1 Å². The van der Waals surface area contributed by atoms with Crippen LogP contribution in [0.5, 0.6) is 0 Å². The van der Waals surface area contributed by atoms with Gasteiger partial charge in [-0.2, -0.15) is 9.61 Å². The van der Waals surface area contributed by atoms with Crippen molar-refractivity contribution < 1.29 is 14.3 Å². The fraction of sp³-hybridized carbons (Fsp3) is 0.588. The molecule has 10 heteroatoms. The number of ether oxygens (including phenoxy) is 2. The number of morpholine rings is 1. The highest BCUT2D eigenvalue weighted by molar-refractivity contribution is 9.10. The summed E-state index contributed by atoms with van der Waals surface area (Å²) in [4.78, 5) is 21.0. The van der Waals surface area contributed by atoms with Gasteiger partial charge in [-0.15, -0.1) is 0 Å².